The Kier molecular flexibility index (Phi) is 4.70. The summed E-state index contributed by atoms with van der Waals surface area (Å²) in [4.78, 5) is 1.99. The van der Waals surface area contributed by atoms with Crippen LogP contribution in [0.1, 0.15) is 5.56 Å². The molecule has 18 heavy (non-hydrogen) atoms. The maximum Gasteiger partial charge on any atom is 0.416 e. The Labute approximate surface area is 110 Å². The van der Waals surface area contributed by atoms with Crippen LogP contribution in [0.4, 0.5) is 24.5 Å². The van der Waals surface area contributed by atoms with Gasteiger partial charge in [0.2, 0.25) is 0 Å². The standard InChI is InChI=1S/C11H14F3N3.ClH/c12-11(13,14)8-1-2-10(9(15)7-8)17-5-3-16-4-6-17;/h1-2,7,16H,3-6,15H2;1H. The summed E-state index contributed by atoms with van der Waals surface area (Å²) in [6.45, 7) is 3.16. The monoisotopic (exact) mass is 281 g/mol. The van der Waals surface area contributed by atoms with Gasteiger partial charge in [0.25, 0.3) is 0 Å². The zero-order valence-electron chi connectivity index (χ0n) is 9.63. The van der Waals surface area contributed by atoms with Crippen LogP contribution in [0, 0.1) is 0 Å². The average molecular weight is 282 g/mol. The third-order valence-corrected chi connectivity index (χ3v) is 2.81. The zero-order chi connectivity index (χ0) is 12.5. The number of halogens is 4. The van der Waals surface area contributed by atoms with E-state index in [4.69, 9.17) is 5.73 Å². The van der Waals surface area contributed by atoms with Crippen molar-refractivity contribution >= 4 is 23.8 Å². The van der Waals surface area contributed by atoms with E-state index in [1.807, 2.05) is 4.90 Å². The van der Waals surface area contributed by atoms with E-state index in [0.29, 0.717) is 5.69 Å². The lowest BCUT2D eigenvalue weighted by molar-refractivity contribution is -0.137. The molecule has 0 spiro atoms. The molecule has 0 aromatic heterocycles. The van der Waals surface area contributed by atoms with E-state index in [0.717, 1.165) is 38.3 Å². The van der Waals surface area contributed by atoms with Crippen molar-refractivity contribution in [3.05, 3.63) is 23.8 Å². The lowest BCUT2D eigenvalue weighted by Crippen LogP contribution is -2.43. The van der Waals surface area contributed by atoms with E-state index in [1.165, 1.54) is 6.07 Å². The van der Waals surface area contributed by atoms with Crippen LogP contribution in [0.25, 0.3) is 0 Å². The summed E-state index contributed by atoms with van der Waals surface area (Å²) in [5, 5.41) is 3.18. The Hall–Kier alpha value is -1.14. The molecule has 0 radical (unpaired) electrons. The highest BCUT2D eigenvalue weighted by Gasteiger charge is 2.31. The van der Waals surface area contributed by atoms with Crippen LogP contribution in [-0.2, 0) is 6.18 Å². The Morgan fingerprint density at radius 1 is 1.17 bits per heavy atom. The molecular formula is C11H15ClF3N3. The fraction of sp³-hybridized carbons (Fsp3) is 0.455. The third kappa shape index (κ3) is 3.20. The van der Waals surface area contributed by atoms with Crippen molar-refractivity contribution in [2.75, 3.05) is 36.8 Å². The average Bonchev–Trinajstić information content (AvgIpc) is 2.29. The van der Waals surface area contributed by atoms with E-state index in [9.17, 15) is 13.2 Å². The number of alkyl halides is 3. The Bertz CT molecular complexity index is 403. The van der Waals surface area contributed by atoms with E-state index in [2.05, 4.69) is 5.32 Å². The zero-order valence-corrected chi connectivity index (χ0v) is 10.4. The summed E-state index contributed by atoms with van der Waals surface area (Å²) in [6, 6.07) is 3.52. The SMILES string of the molecule is Cl.Nc1cc(C(F)(F)F)ccc1N1CCNCC1. The molecule has 0 unspecified atom stereocenters. The Balaban J connectivity index is 0.00000162. The molecule has 0 atom stereocenters. The Morgan fingerprint density at radius 3 is 2.28 bits per heavy atom. The molecule has 0 bridgehead atoms. The molecule has 102 valence electrons. The van der Waals surface area contributed by atoms with Crippen LogP contribution in [0.15, 0.2) is 18.2 Å². The van der Waals surface area contributed by atoms with Gasteiger partial charge in [0.15, 0.2) is 0 Å². The van der Waals surface area contributed by atoms with Crippen LogP contribution in [0.3, 0.4) is 0 Å². The smallest absolute Gasteiger partial charge is 0.397 e. The maximum atomic E-state index is 12.5. The van der Waals surface area contributed by atoms with Gasteiger partial charge >= 0.3 is 6.18 Å². The molecular weight excluding hydrogens is 267 g/mol. The van der Waals surface area contributed by atoms with Gasteiger partial charge in [0.05, 0.1) is 16.9 Å². The van der Waals surface area contributed by atoms with Crippen molar-refractivity contribution in [2.24, 2.45) is 0 Å². The van der Waals surface area contributed by atoms with Crippen molar-refractivity contribution in [3.8, 4) is 0 Å². The van der Waals surface area contributed by atoms with Crippen molar-refractivity contribution in [1.29, 1.82) is 0 Å². The highest BCUT2D eigenvalue weighted by molar-refractivity contribution is 5.85. The predicted molar refractivity (Wildman–Crippen MR) is 68.2 cm³/mol. The van der Waals surface area contributed by atoms with Gasteiger partial charge in [-0.15, -0.1) is 12.4 Å². The molecule has 1 aromatic carbocycles. The highest BCUT2D eigenvalue weighted by atomic mass is 35.5. The minimum Gasteiger partial charge on any atom is -0.397 e. The number of nitrogens with one attached hydrogen (secondary N) is 1. The number of anilines is 2. The fourth-order valence-corrected chi connectivity index (χ4v) is 1.92. The van der Waals surface area contributed by atoms with Gasteiger partial charge in [-0.3, -0.25) is 0 Å². The predicted octanol–water partition coefficient (Wildman–Crippen LogP) is 2.12. The second-order valence-electron chi connectivity index (χ2n) is 4.01. The van der Waals surface area contributed by atoms with Crippen molar-refractivity contribution in [3.63, 3.8) is 0 Å². The molecule has 0 saturated carbocycles. The first-order valence-electron chi connectivity index (χ1n) is 5.41. The van der Waals surface area contributed by atoms with Crippen LogP contribution >= 0.6 is 12.4 Å². The minimum absolute atomic E-state index is 0. The topological polar surface area (TPSA) is 41.3 Å². The van der Waals surface area contributed by atoms with Gasteiger partial charge < -0.3 is 16.0 Å². The number of nitrogens with two attached hydrogens (primary N) is 1. The lowest BCUT2D eigenvalue weighted by atomic mass is 10.1. The molecule has 1 saturated heterocycles. The fourth-order valence-electron chi connectivity index (χ4n) is 1.92. The Morgan fingerprint density at radius 2 is 1.78 bits per heavy atom. The van der Waals surface area contributed by atoms with E-state index in [1.54, 1.807) is 0 Å². The number of hydrogen-bond donors (Lipinski definition) is 2. The van der Waals surface area contributed by atoms with Crippen LogP contribution in [-0.4, -0.2) is 26.2 Å². The quantitative estimate of drug-likeness (QED) is 0.775. The van der Waals surface area contributed by atoms with Crippen molar-refractivity contribution in [1.82, 2.24) is 5.32 Å². The number of piperazine rings is 1. The van der Waals surface area contributed by atoms with Crippen LogP contribution in [0.2, 0.25) is 0 Å². The first-order chi connectivity index (χ1) is 7.98. The first kappa shape index (κ1) is 14.9. The molecule has 1 aliphatic heterocycles. The molecule has 0 amide bonds. The van der Waals surface area contributed by atoms with Crippen molar-refractivity contribution in [2.45, 2.75) is 6.18 Å². The molecule has 1 aliphatic rings. The summed E-state index contributed by atoms with van der Waals surface area (Å²) >= 11 is 0. The number of nitrogen functional groups attached to an aromatic ring is 1. The molecule has 0 aliphatic carbocycles. The maximum absolute atomic E-state index is 12.5. The lowest BCUT2D eigenvalue weighted by Gasteiger charge is -2.30. The number of nitrogens with zero attached hydrogens (tertiary/aromatic N) is 1. The van der Waals surface area contributed by atoms with Gasteiger partial charge in [-0.25, -0.2) is 0 Å². The second kappa shape index (κ2) is 5.67. The van der Waals surface area contributed by atoms with Crippen molar-refractivity contribution < 1.29 is 13.2 Å². The van der Waals surface area contributed by atoms with Gasteiger partial charge in [0.1, 0.15) is 0 Å². The molecule has 3 N–H and O–H groups in total. The van der Waals surface area contributed by atoms with Gasteiger partial charge in [0, 0.05) is 26.2 Å². The van der Waals surface area contributed by atoms with Gasteiger partial charge in [-0.1, -0.05) is 0 Å². The molecule has 1 fully saturated rings. The molecule has 2 rings (SSSR count). The van der Waals surface area contributed by atoms with E-state index < -0.39 is 11.7 Å². The molecule has 7 heteroatoms. The third-order valence-electron chi connectivity index (χ3n) is 2.81. The molecule has 1 aromatic rings. The minimum atomic E-state index is -4.34. The summed E-state index contributed by atoms with van der Waals surface area (Å²) in [5.41, 5.74) is 5.85. The largest absolute Gasteiger partial charge is 0.416 e. The van der Waals surface area contributed by atoms with E-state index in [-0.39, 0.29) is 18.1 Å². The molecule has 1 heterocycles. The van der Waals surface area contributed by atoms with Gasteiger partial charge in [-0.2, -0.15) is 13.2 Å². The van der Waals surface area contributed by atoms with Gasteiger partial charge in [-0.05, 0) is 18.2 Å². The second-order valence-corrected chi connectivity index (χ2v) is 4.01. The van der Waals surface area contributed by atoms with Crippen LogP contribution < -0.4 is 16.0 Å². The summed E-state index contributed by atoms with van der Waals surface area (Å²) in [7, 11) is 0. The van der Waals surface area contributed by atoms with Crippen LogP contribution in [0.5, 0.6) is 0 Å². The summed E-state index contributed by atoms with van der Waals surface area (Å²) in [6.07, 6.45) is -4.34. The summed E-state index contributed by atoms with van der Waals surface area (Å²) in [5.74, 6) is 0. The number of hydrogen-bond acceptors (Lipinski definition) is 3. The summed E-state index contributed by atoms with van der Waals surface area (Å²) < 4.78 is 37.4. The normalized spacial score (nSPS) is 16.3. The number of benzene rings is 1. The first-order valence-corrected chi connectivity index (χ1v) is 5.41. The molecule has 3 nitrogen and oxygen atoms in total. The van der Waals surface area contributed by atoms with E-state index >= 15 is 0 Å². The number of rotatable bonds is 1. The highest BCUT2D eigenvalue weighted by Crippen LogP contribution is 2.34.